The molecule has 2 nitrogen and oxygen atoms in total. The topological polar surface area (TPSA) is 29.4 Å². The van der Waals surface area contributed by atoms with E-state index in [1.165, 1.54) is 6.07 Å². The van der Waals surface area contributed by atoms with Gasteiger partial charge in [0.15, 0.2) is 5.78 Å². The highest BCUT2D eigenvalue weighted by Gasteiger charge is 2.42. The fourth-order valence-corrected chi connectivity index (χ4v) is 4.31. The van der Waals surface area contributed by atoms with Gasteiger partial charge in [-0.05, 0) is 34.9 Å². The summed E-state index contributed by atoms with van der Waals surface area (Å²) in [6, 6.07) is 17.0. The fraction of sp³-hybridized carbons (Fsp3) is 0.250. The summed E-state index contributed by atoms with van der Waals surface area (Å²) >= 11 is 0. The van der Waals surface area contributed by atoms with Crippen molar-refractivity contribution >= 4 is 22.3 Å². The number of carbonyl (C=O) groups is 1. The molecule has 0 N–H and O–H groups in total. The number of nitrogens with zero attached hydrogens (tertiary/aromatic N) is 1. The van der Waals surface area contributed by atoms with Crippen LogP contribution in [0.5, 0.6) is 0 Å². The normalized spacial score (nSPS) is 21.3. The van der Waals surface area contributed by atoms with Gasteiger partial charge in [0, 0.05) is 25.1 Å². The summed E-state index contributed by atoms with van der Waals surface area (Å²) in [5.41, 5.74) is 2.20. The van der Waals surface area contributed by atoms with E-state index in [9.17, 15) is 18.0 Å². The molecule has 0 spiro atoms. The van der Waals surface area contributed by atoms with Gasteiger partial charge in [-0.2, -0.15) is 13.2 Å². The van der Waals surface area contributed by atoms with Crippen LogP contribution in [0.1, 0.15) is 40.5 Å². The molecule has 2 atom stereocenters. The molecule has 4 rings (SSSR count). The number of carbonyl (C=O) groups excluding carboxylic acids is 1. The molecular formula is C24H20F3NO. The van der Waals surface area contributed by atoms with Crippen LogP contribution in [-0.2, 0) is 11.0 Å². The summed E-state index contributed by atoms with van der Waals surface area (Å²) < 4.78 is 39.5. The molecule has 29 heavy (non-hydrogen) atoms. The third-order valence-electron chi connectivity index (χ3n) is 5.62. The average Bonchev–Trinajstić information content (AvgIpc) is 3.03. The van der Waals surface area contributed by atoms with Gasteiger partial charge in [0.1, 0.15) is 0 Å². The summed E-state index contributed by atoms with van der Waals surface area (Å²) in [6.45, 7) is 1.98. The van der Waals surface area contributed by atoms with Crippen LogP contribution in [0.2, 0.25) is 0 Å². The third-order valence-corrected chi connectivity index (χ3v) is 5.62. The van der Waals surface area contributed by atoms with E-state index in [0.717, 1.165) is 34.0 Å². The van der Waals surface area contributed by atoms with Gasteiger partial charge in [-0.25, -0.2) is 0 Å². The maximum Gasteiger partial charge on any atom is 0.416 e. The number of alkyl halides is 3. The van der Waals surface area contributed by atoms with Crippen LogP contribution in [0.4, 0.5) is 13.2 Å². The molecule has 0 heterocycles. The van der Waals surface area contributed by atoms with E-state index < -0.39 is 23.6 Å². The number of ketones is 1. The van der Waals surface area contributed by atoms with E-state index in [2.05, 4.69) is 11.1 Å². The van der Waals surface area contributed by atoms with Gasteiger partial charge in [0.25, 0.3) is 0 Å². The largest absolute Gasteiger partial charge is 0.416 e. The van der Waals surface area contributed by atoms with Crippen LogP contribution in [0.15, 0.2) is 65.7 Å². The lowest BCUT2D eigenvalue weighted by molar-refractivity contribution is -0.137. The van der Waals surface area contributed by atoms with E-state index in [0.29, 0.717) is 17.7 Å². The summed E-state index contributed by atoms with van der Waals surface area (Å²) in [4.78, 5) is 17.7. The quantitative estimate of drug-likeness (QED) is 0.517. The monoisotopic (exact) mass is 395 g/mol. The zero-order valence-electron chi connectivity index (χ0n) is 16.1. The first kappa shape index (κ1) is 19.4. The number of benzene rings is 3. The van der Waals surface area contributed by atoms with Crippen molar-refractivity contribution in [1.82, 2.24) is 0 Å². The Bertz CT molecular complexity index is 1130. The Hall–Kier alpha value is -2.95. The van der Waals surface area contributed by atoms with Crippen molar-refractivity contribution in [2.24, 2.45) is 4.99 Å². The Morgan fingerprint density at radius 2 is 1.76 bits per heavy atom. The lowest BCUT2D eigenvalue weighted by Crippen LogP contribution is -2.16. The number of aliphatic imine (C=N–C) groups is 1. The maximum atomic E-state index is 13.4. The van der Waals surface area contributed by atoms with Crippen molar-refractivity contribution in [3.8, 4) is 0 Å². The van der Waals surface area contributed by atoms with E-state index in [1.54, 1.807) is 13.1 Å². The van der Waals surface area contributed by atoms with Gasteiger partial charge in [0.05, 0.1) is 11.5 Å². The molecule has 2 unspecified atom stereocenters. The Balaban J connectivity index is 1.81. The zero-order valence-corrected chi connectivity index (χ0v) is 16.1. The molecule has 0 saturated heterocycles. The second-order valence-corrected chi connectivity index (χ2v) is 7.51. The molecule has 1 aliphatic carbocycles. The number of hydrogen-bond acceptors (Lipinski definition) is 2. The highest BCUT2D eigenvalue weighted by molar-refractivity contribution is 6.19. The first-order valence-corrected chi connectivity index (χ1v) is 9.45. The number of fused-ring (bicyclic) bond motifs is 1. The number of hydrogen-bond donors (Lipinski definition) is 0. The smallest absolute Gasteiger partial charge is 0.298 e. The SMILES string of the molecule is CN=C1CC(c2cc(C)cc3ccccc23)C(=O)C1c1cccc(C(F)(F)F)c1. The molecule has 1 fully saturated rings. The third kappa shape index (κ3) is 3.46. The van der Waals surface area contributed by atoms with Gasteiger partial charge in [-0.1, -0.05) is 60.2 Å². The fourth-order valence-electron chi connectivity index (χ4n) is 4.31. The van der Waals surface area contributed by atoms with Crippen molar-refractivity contribution in [3.05, 3.63) is 82.9 Å². The lowest BCUT2D eigenvalue weighted by Gasteiger charge is -2.15. The molecule has 1 saturated carbocycles. The zero-order chi connectivity index (χ0) is 20.8. The van der Waals surface area contributed by atoms with Crippen molar-refractivity contribution in [3.63, 3.8) is 0 Å². The second-order valence-electron chi connectivity index (χ2n) is 7.51. The number of aryl methyl sites for hydroxylation is 1. The van der Waals surface area contributed by atoms with E-state index >= 15 is 0 Å². The molecule has 0 aromatic heterocycles. The highest BCUT2D eigenvalue weighted by Crippen LogP contribution is 2.42. The first-order chi connectivity index (χ1) is 13.8. The van der Waals surface area contributed by atoms with E-state index in [-0.39, 0.29) is 5.78 Å². The van der Waals surface area contributed by atoms with Crippen molar-refractivity contribution in [2.75, 3.05) is 7.05 Å². The molecule has 5 heteroatoms. The predicted octanol–water partition coefficient (Wildman–Crippen LogP) is 6.08. The molecule has 0 amide bonds. The van der Waals surface area contributed by atoms with Gasteiger partial charge in [-0.3, -0.25) is 9.79 Å². The van der Waals surface area contributed by atoms with Gasteiger partial charge < -0.3 is 0 Å². The van der Waals surface area contributed by atoms with Gasteiger partial charge in [0.2, 0.25) is 0 Å². The minimum Gasteiger partial charge on any atom is -0.298 e. The van der Waals surface area contributed by atoms with Crippen LogP contribution in [0, 0.1) is 6.92 Å². The number of Topliss-reactive ketones (excluding diaryl/α,β-unsaturated/α-hetero) is 1. The standard InChI is InChI=1S/C24H20F3NO/c1-14-10-15-6-3-4-9-18(15)19(11-14)20-13-21(28-2)22(23(20)29)16-7-5-8-17(12-16)24(25,26)27/h3-12,20,22H,13H2,1-2H3. The molecule has 1 aliphatic rings. The summed E-state index contributed by atoms with van der Waals surface area (Å²) in [5, 5.41) is 2.05. The minimum absolute atomic E-state index is 0.0966. The van der Waals surface area contributed by atoms with Crippen LogP contribution in [0.3, 0.4) is 0 Å². The average molecular weight is 395 g/mol. The van der Waals surface area contributed by atoms with Crippen LogP contribution in [0.25, 0.3) is 10.8 Å². The van der Waals surface area contributed by atoms with E-state index in [4.69, 9.17) is 0 Å². The van der Waals surface area contributed by atoms with E-state index in [1.807, 2.05) is 37.3 Å². The Morgan fingerprint density at radius 3 is 2.48 bits per heavy atom. The van der Waals surface area contributed by atoms with Crippen LogP contribution < -0.4 is 0 Å². The Morgan fingerprint density at radius 1 is 1.00 bits per heavy atom. The lowest BCUT2D eigenvalue weighted by atomic mass is 9.87. The van der Waals surface area contributed by atoms with Gasteiger partial charge in [-0.15, -0.1) is 0 Å². The molecular weight excluding hydrogens is 375 g/mol. The summed E-state index contributed by atoms with van der Waals surface area (Å²) in [6.07, 6.45) is -4.03. The predicted molar refractivity (Wildman–Crippen MR) is 109 cm³/mol. The molecule has 0 bridgehead atoms. The van der Waals surface area contributed by atoms with Gasteiger partial charge >= 0.3 is 6.18 Å². The molecule has 0 radical (unpaired) electrons. The first-order valence-electron chi connectivity index (χ1n) is 9.45. The summed E-state index contributed by atoms with van der Waals surface area (Å²) in [7, 11) is 1.60. The number of rotatable bonds is 2. The van der Waals surface area contributed by atoms with Crippen LogP contribution >= 0.6 is 0 Å². The second kappa shape index (κ2) is 7.14. The molecule has 0 aliphatic heterocycles. The Kier molecular flexibility index (Phi) is 4.77. The van der Waals surface area contributed by atoms with Crippen LogP contribution in [-0.4, -0.2) is 18.5 Å². The number of halogens is 3. The summed E-state index contributed by atoms with van der Waals surface area (Å²) in [5.74, 6) is -1.26. The minimum atomic E-state index is -4.45. The molecule has 3 aromatic carbocycles. The van der Waals surface area contributed by atoms with Crippen molar-refractivity contribution in [2.45, 2.75) is 31.4 Å². The molecule has 148 valence electrons. The van der Waals surface area contributed by atoms with Crippen molar-refractivity contribution in [1.29, 1.82) is 0 Å². The molecule has 3 aromatic rings. The highest BCUT2D eigenvalue weighted by atomic mass is 19.4. The Labute approximate surface area is 167 Å². The maximum absolute atomic E-state index is 13.4. The van der Waals surface area contributed by atoms with Crippen molar-refractivity contribution < 1.29 is 18.0 Å².